The summed E-state index contributed by atoms with van der Waals surface area (Å²) in [5, 5.41) is 1.79. The van der Waals surface area contributed by atoms with Crippen LogP contribution in [0.15, 0.2) is 30.5 Å². The van der Waals surface area contributed by atoms with Crippen LogP contribution in [0.25, 0.3) is 10.9 Å². The molecule has 3 nitrogen and oxygen atoms in total. The lowest BCUT2D eigenvalue weighted by Gasteiger charge is -2.27. The Morgan fingerprint density at radius 3 is 2.85 bits per heavy atom. The Bertz CT molecular complexity index is 630. The Balaban J connectivity index is 2.41. The zero-order chi connectivity index (χ0) is 14.7. The maximum atomic E-state index is 6.02. The van der Waals surface area contributed by atoms with E-state index in [1.54, 1.807) is 0 Å². The van der Waals surface area contributed by atoms with Gasteiger partial charge in [0.25, 0.3) is 0 Å². The molecule has 1 unspecified atom stereocenters. The molecule has 0 saturated carbocycles. The molecule has 0 aliphatic carbocycles. The maximum Gasteiger partial charge on any atom is 0.0773 e. The number of benzene rings is 1. The summed E-state index contributed by atoms with van der Waals surface area (Å²) < 4.78 is 0. The lowest BCUT2D eigenvalue weighted by Crippen LogP contribution is -2.34. The zero-order valence-electron chi connectivity index (χ0n) is 11.6. The summed E-state index contributed by atoms with van der Waals surface area (Å²) in [4.78, 5) is 7.18. The van der Waals surface area contributed by atoms with Crippen LogP contribution in [0.4, 0.5) is 5.69 Å². The van der Waals surface area contributed by atoms with Crippen molar-refractivity contribution in [2.75, 3.05) is 18.0 Å². The van der Waals surface area contributed by atoms with Crippen LogP contribution in [0.5, 0.6) is 0 Å². The van der Waals surface area contributed by atoms with E-state index in [2.05, 4.69) is 16.8 Å². The van der Waals surface area contributed by atoms with Crippen molar-refractivity contribution >= 4 is 45.4 Å². The third kappa shape index (κ3) is 3.19. The normalized spacial score (nSPS) is 12.3. The van der Waals surface area contributed by atoms with Gasteiger partial charge in [0.2, 0.25) is 0 Å². The molecule has 2 aromatic rings. The Hall–Kier alpha value is -1.39. The first kappa shape index (κ1) is 15.0. The largest absolute Gasteiger partial charge is 0.393 e. The van der Waals surface area contributed by atoms with Crippen molar-refractivity contribution in [1.29, 1.82) is 0 Å². The van der Waals surface area contributed by atoms with E-state index in [1.165, 1.54) is 0 Å². The van der Waals surface area contributed by atoms with Gasteiger partial charge in [0.15, 0.2) is 0 Å². The van der Waals surface area contributed by atoms with E-state index in [0.29, 0.717) is 10.0 Å². The highest BCUT2D eigenvalue weighted by Crippen LogP contribution is 2.27. The van der Waals surface area contributed by atoms with Gasteiger partial charge in [-0.25, -0.2) is 0 Å². The number of hydrogen-bond donors (Lipinski definition) is 1. The average Bonchev–Trinajstić information content (AvgIpc) is 2.43. The van der Waals surface area contributed by atoms with Gasteiger partial charge in [-0.3, -0.25) is 4.98 Å². The van der Waals surface area contributed by atoms with Crippen LogP contribution in [-0.2, 0) is 0 Å². The molecule has 1 aromatic carbocycles. The minimum atomic E-state index is 0.167. The van der Waals surface area contributed by atoms with Gasteiger partial charge in [-0.05, 0) is 31.2 Å². The topological polar surface area (TPSA) is 42.1 Å². The van der Waals surface area contributed by atoms with Gasteiger partial charge < -0.3 is 10.6 Å². The van der Waals surface area contributed by atoms with Crippen LogP contribution in [0.2, 0.25) is 5.02 Å². The molecule has 0 amide bonds. The van der Waals surface area contributed by atoms with Crippen molar-refractivity contribution < 1.29 is 0 Å². The summed E-state index contributed by atoms with van der Waals surface area (Å²) in [5.74, 6) is 0.167. The molecule has 20 heavy (non-hydrogen) atoms. The van der Waals surface area contributed by atoms with E-state index < -0.39 is 0 Å². The number of nitrogens with two attached hydrogens (primary N) is 1. The smallest absolute Gasteiger partial charge is 0.0773 e. The van der Waals surface area contributed by atoms with Crippen LogP contribution in [0.3, 0.4) is 0 Å². The third-order valence-corrected chi connectivity index (χ3v) is 4.02. The monoisotopic (exact) mass is 307 g/mol. The van der Waals surface area contributed by atoms with Crippen LogP contribution >= 0.6 is 23.8 Å². The highest BCUT2D eigenvalue weighted by atomic mass is 35.5. The Morgan fingerprint density at radius 2 is 2.20 bits per heavy atom. The second kappa shape index (κ2) is 6.37. The van der Waals surface area contributed by atoms with Gasteiger partial charge in [-0.1, -0.05) is 30.7 Å². The number of aromatic nitrogens is 1. The second-order valence-corrected chi connectivity index (χ2v) is 5.74. The summed E-state index contributed by atoms with van der Waals surface area (Å²) in [6, 6.07) is 7.80. The molecule has 2 N–H and O–H groups in total. The molecule has 0 spiro atoms. The fraction of sp³-hybridized carbons (Fsp3) is 0.333. The lowest BCUT2D eigenvalue weighted by atomic mass is 10.1. The van der Waals surface area contributed by atoms with Crippen molar-refractivity contribution in [3.8, 4) is 0 Å². The predicted octanol–water partition coefficient (Wildman–Crippen LogP) is 3.64. The molecule has 0 aliphatic rings. The van der Waals surface area contributed by atoms with E-state index in [9.17, 15) is 0 Å². The SMILES string of the molecule is CCN(CC(C)C(N)=S)c1ccnc2cc(Cl)ccc12. The molecule has 0 fully saturated rings. The van der Waals surface area contributed by atoms with Crippen LogP contribution in [0, 0.1) is 5.92 Å². The van der Waals surface area contributed by atoms with Crippen LogP contribution in [-0.4, -0.2) is 23.1 Å². The Kier molecular flexibility index (Phi) is 4.78. The minimum absolute atomic E-state index is 0.167. The lowest BCUT2D eigenvalue weighted by molar-refractivity contribution is 0.709. The van der Waals surface area contributed by atoms with Crippen LogP contribution in [0.1, 0.15) is 13.8 Å². The number of hydrogen-bond acceptors (Lipinski definition) is 3. The average molecular weight is 308 g/mol. The first-order valence-corrected chi connectivity index (χ1v) is 7.40. The Labute approximate surface area is 129 Å². The zero-order valence-corrected chi connectivity index (χ0v) is 13.2. The van der Waals surface area contributed by atoms with Gasteiger partial charge in [0.1, 0.15) is 0 Å². The van der Waals surface area contributed by atoms with E-state index in [1.807, 2.05) is 37.4 Å². The van der Waals surface area contributed by atoms with E-state index >= 15 is 0 Å². The highest BCUT2D eigenvalue weighted by molar-refractivity contribution is 7.80. The number of nitrogens with zero attached hydrogens (tertiary/aromatic N) is 2. The van der Waals surface area contributed by atoms with Crippen molar-refractivity contribution in [2.24, 2.45) is 11.7 Å². The highest BCUT2D eigenvalue weighted by Gasteiger charge is 2.14. The van der Waals surface area contributed by atoms with E-state index in [4.69, 9.17) is 29.6 Å². The number of fused-ring (bicyclic) bond motifs is 1. The first-order chi connectivity index (χ1) is 9.52. The molecule has 5 heteroatoms. The molecule has 1 atom stereocenters. The standard InChI is InChI=1S/C15H18ClN3S/c1-3-19(9-10(2)15(17)20)14-6-7-18-13-8-11(16)4-5-12(13)14/h4-8,10H,3,9H2,1-2H3,(H2,17,20). The van der Waals surface area contributed by atoms with Crippen molar-refractivity contribution in [3.05, 3.63) is 35.5 Å². The van der Waals surface area contributed by atoms with Crippen LogP contribution < -0.4 is 10.6 Å². The van der Waals surface area contributed by atoms with Gasteiger partial charge >= 0.3 is 0 Å². The van der Waals surface area contributed by atoms with Crippen molar-refractivity contribution in [3.63, 3.8) is 0 Å². The third-order valence-electron chi connectivity index (χ3n) is 3.38. The molecule has 2 rings (SSSR count). The molecule has 0 bridgehead atoms. The van der Waals surface area contributed by atoms with E-state index in [0.717, 1.165) is 29.7 Å². The van der Waals surface area contributed by atoms with Gasteiger partial charge in [0.05, 0.1) is 10.5 Å². The number of pyridine rings is 1. The summed E-state index contributed by atoms with van der Waals surface area (Å²) in [6.07, 6.45) is 1.81. The van der Waals surface area contributed by atoms with Crippen molar-refractivity contribution in [1.82, 2.24) is 4.98 Å². The van der Waals surface area contributed by atoms with Gasteiger partial charge in [-0.15, -0.1) is 0 Å². The summed E-state index contributed by atoms with van der Waals surface area (Å²) >= 11 is 11.1. The van der Waals surface area contributed by atoms with E-state index in [-0.39, 0.29) is 5.92 Å². The number of rotatable bonds is 5. The molecule has 0 aliphatic heterocycles. The van der Waals surface area contributed by atoms with Crippen molar-refractivity contribution in [2.45, 2.75) is 13.8 Å². The maximum absolute atomic E-state index is 6.02. The number of halogens is 1. The Morgan fingerprint density at radius 1 is 1.45 bits per heavy atom. The molecule has 0 radical (unpaired) electrons. The summed E-state index contributed by atoms with van der Waals surface area (Å²) in [7, 11) is 0. The molecule has 1 heterocycles. The minimum Gasteiger partial charge on any atom is -0.393 e. The van der Waals surface area contributed by atoms with Gasteiger partial charge in [0, 0.05) is 41.3 Å². The van der Waals surface area contributed by atoms with Gasteiger partial charge in [-0.2, -0.15) is 0 Å². The molecule has 0 saturated heterocycles. The molecule has 1 aromatic heterocycles. The first-order valence-electron chi connectivity index (χ1n) is 6.61. The summed E-state index contributed by atoms with van der Waals surface area (Å²) in [6.45, 7) is 5.85. The second-order valence-electron chi connectivity index (χ2n) is 4.83. The summed E-state index contributed by atoms with van der Waals surface area (Å²) in [5.41, 5.74) is 7.76. The fourth-order valence-corrected chi connectivity index (χ4v) is 2.44. The molecular weight excluding hydrogens is 290 g/mol. The number of anilines is 1. The molecular formula is C15H18ClN3S. The quantitative estimate of drug-likeness (QED) is 0.856. The fourth-order valence-electron chi connectivity index (χ4n) is 2.20. The number of thiocarbonyl (C=S) groups is 1. The predicted molar refractivity (Wildman–Crippen MR) is 90.6 cm³/mol. The molecule has 106 valence electrons.